The Labute approximate surface area is 110 Å². The van der Waals surface area contributed by atoms with Crippen molar-refractivity contribution in [3.63, 3.8) is 0 Å². The van der Waals surface area contributed by atoms with Gasteiger partial charge in [-0.2, -0.15) is 0 Å². The Kier molecular flexibility index (Phi) is 4.61. The fourth-order valence-electron chi connectivity index (χ4n) is 2.60. The number of amidine groups is 1. The largest absolute Gasteiger partial charge is 0.323 e. The van der Waals surface area contributed by atoms with Gasteiger partial charge >= 0.3 is 6.03 Å². The number of hydrogen-bond donors (Lipinski definition) is 2. The number of nitrogens with zero attached hydrogens (tertiary/aromatic N) is 1. The Hall–Kier alpha value is -1.06. The first-order chi connectivity index (χ1) is 8.72. The molecule has 0 aromatic carbocycles. The van der Waals surface area contributed by atoms with E-state index in [9.17, 15) is 4.79 Å². The lowest BCUT2D eigenvalue weighted by molar-refractivity contribution is 0.200. The van der Waals surface area contributed by atoms with E-state index in [-0.39, 0.29) is 12.1 Å². The minimum atomic E-state index is -0.0505. The maximum Gasteiger partial charge on any atom is 0.323 e. The SMILES string of the molecule is CCCCCCCC1C(=N)NC(=O)N1CC1CC1. The molecule has 1 aliphatic heterocycles. The van der Waals surface area contributed by atoms with Crippen molar-refractivity contribution in [1.29, 1.82) is 5.41 Å². The summed E-state index contributed by atoms with van der Waals surface area (Å²) in [5.74, 6) is 1.11. The summed E-state index contributed by atoms with van der Waals surface area (Å²) in [5.41, 5.74) is 0. The molecule has 1 atom stereocenters. The predicted molar refractivity (Wildman–Crippen MR) is 72.9 cm³/mol. The molecule has 0 bridgehead atoms. The van der Waals surface area contributed by atoms with Crippen molar-refractivity contribution in [1.82, 2.24) is 10.2 Å². The summed E-state index contributed by atoms with van der Waals surface area (Å²) < 4.78 is 0. The van der Waals surface area contributed by atoms with Gasteiger partial charge in [0.05, 0.1) is 6.04 Å². The lowest BCUT2D eigenvalue weighted by Gasteiger charge is -2.22. The zero-order valence-corrected chi connectivity index (χ0v) is 11.4. The van der Waals surface area contributed by atoms with Crippen LogP contribution in [0.5, 0.6) is 0 Å². The second-order valence-electron chi connectivity index (χ2n) is 5.66. The van der Waals surface area contributed by atoms with Gasteiger partial charge in [0, 0.05) is 6.54 Å². The van der Waals surface area contributed by atoms with E-state index in [2.05, 4.69) is 12.2 Å². The number of nitrogens with one attached hydrogen (secondary N) is 2. The number of unbranched alkanes of at least 4 members (excludes halogenated alkanes) is 4. The van der Waals surface area contributed by atoms with Gasteiger partial charge in [0.25, 0.3) is 0 Å². The van der Waals surface area contributed by atoms with Crippen molar-refractivity contribution in [3.8, 4) is 0 Å². The number of rotatable bonds is 8. The molecule has 1 heterocycles. The van der Waals surface area contributed by atoms with E-state index < -0.39 is 0 Å². The highest BCUT2D eigenvalue weighted by atomic mass is 16.2. The van der Waals surface area contributed by atoms with Gasteiger partial charge in [-0.05, 0) is 25.2 Å². The molecule has 1 saturated heterocycles. The van der Waals surface area contributed by atoms with Crippen molar-refractivity contribution in [2.24, 2.45) is 5.92 Å². The van der Waals surface area contributed by atoms with Gasteiger partial charge in [-0.15, -0.1) is 0 Å². The monoisotopic (exact) mass is 251 g/mol. The standard InChI is InChI=1S/C14H25N3O/c1-2-3-4-5-6-7-12-13(15)16-14(18)17(12)10-11-8-9-11/h11-12H,2-10H2,1H3,(H2,15,16,18). The first kappa shape index (κ1) is 13.4. The zero-order chi connectivity index (χ0) is 13.0. The Morgan fingerprint density at radius 2 is 2.00 bits per heavy atom. The highest BCUT2D eigenvalue weighted by Gasteiger charge is 2.38. The van der Waals surface area contributed by atoms with E-state index in [0.29, 0.717) is 11.8 Å². The first-order valence-corrected chi connectivity index (χ1v) is 7.38. The summed E-state index contributed by atoms with van der Waals surface area (Å²) >= 11 is 0. The average Bonchev–Trinajstić information content (AvgIpc) is 3.10. The third kappa shape index (κ3) is 3.47. The van der Waals surface area contributed by atoms with E-state index in [4.69, 9.17) is 5.41 Å². The molecule has 2 aliphatic rings. The van der Waals surface area contributed by atoms with Crippen molar-refractivity contribution < 1.29 is 4.79 Å². The predicted octanol–water partition coefficient (Wildman–Crippen LogP) is 3.13. The maximum atomic E-state index is 11.8. The van der Waals surface area contributed by atoms with Crippen molar-refractivity contribution >= 4 is 11.9 Å². The molecule has 2 fully saturated rings. The fourth-order valence-corrected chi connectivity index (χ4v) is 2.60. The van der Waals surface area contributed by atoms with Crippen LogP contribution in [0.15, 0.2) is 0 Å². The second-order valence-corrected chi connectivity index (χ2v) is 5.66. The van der Waals surface area contributed by atoms with Crippen LogP contribution in [0.1, 0.15) is 58.3 Å². The molecule has 2 amide bonds. The van der Waals surface area contributed by atoms with Gasteiger partial charge in [-0.3, -0.25) is 10.7 Å². The number of urea groups is 1. The maximum absolute atomic E-state index is 11.8. The molecule has 4 heteroatoms. The Morgan fingerprint density at radius 3 is 2.67 bits per heavy atom. The minimum Gasteiger partial charge on any atom is -0.314 e. The van der Waals surface area contributed by atoms with Gasteiger partial charge < -0.3 is 4.90 Å². The van der Waals surface area contributed by atoms with E-state index in [1.54, 1.807) is 0 Å². The fraction of sp³-hybridized carbons (Fsp3) is 0.857. The zero-order valence-electron chi connectivity index (χ0n) is 11.4. The Bertz CT molecular complexity index is 312. The molecule has 0 aromatic heterocycles. The molecule has 4 nitrogen and oxygen atoms in total. The molecular weight excluding hydrogens is 226 g/mol. The molecule has 1 saturated carbocycles. The topological polar surface area (TPSA) is 56.2 Å². The molecule has 1 unspecified atom stereocenters. The summed E-state index contributed by atoms with van der Waals surface area (Å²) in [5, 5.41) is 10.5. The van der Waals surface area contributed by atoms with Crippen LogP contribution in [0, 0.1) is 11.3 Å². The average molecular weight is 251 g/mol. The number of amides is 2. The van der Waals surface area contributed by atoms with E-state index in [1.807, 2.05) is 4.90 Å². The van der Waals surface area contributed by atoms with Gasteiger partial charge in [-0.25, -0.2) is 4.79 Å². The molecule has 18 heavy (non-hydrogen) atoms. The second kappa shape index (κ2) is 6.21. The molecule has 102 valence electrons. The molecule has 0 radical (unpaired) electrons. The molecule has 2 N–H and O–H groups in total. The Morgan fingerprint density at radius 1 is 1.28 bits per heavy atom. The van der Waals surface area contributed by atoms with Crippen LogP contribution in [0.2, 0.25) is 0 Å². The highest BCUT2D eigenvalue weighted by Crippen LogP contribution is 2.31. The molecule has 0 spiro atoms. The van der Waals surface area contributed by atoms with E-state index >= 15 is 0 Å². The van der Waals surface area contributed by atoms with Gasteiger partial charge in [-0.1, -0.05) is 39.0 Å². The van der Waals surface area contributed by atoms with Crippen LogP contribution in [-0.2, 0) is 0 Å². The summed E-state index contributed by atoms with van der Waals surface area (Å²) in [7, 11) is 0. The third-order valence-electron chi connectivity index (χ3n) is 3.94. The van der Waals surface area contributed by atoms with Crippen LogP contribution in [-0.4, -0.2) is 29.4 Å². The molecule has 0 aromatic rings. The van der Waals surface area contributed by atoms with Crippen LogP contribution < -0.4 is 5.32 Å². The highest BCUT2D eigenvalue weighted by molar-refractivity contribution is 6.05. The van der Waals surface area contributed by atoms with Crippen LogP contribution in [0.25, 0.3) is 0 Å². The summed E-state index contributed by atoms with van der Waals surface area (Å²) in [6.07, 6.45) is 9.64. The summed E-state index contributed by atoms with van der Waals surface area (Å²) in [4.78, 5) is 13.7. The van der Waals surface area contributed by atoms with Gasteiger partial charge in [0.15, 0.2) is 0 Å². The lowest BCUT2D eigenvalue weighted by Crippen LogP contribution is -2.36. The Balaban J connectivity index is 1.76. The van der Waals surface area contributed by atoms with Crippen molar-refractivity contribution in [2.45, 2.75) is 64.3 Å². The third-order valence-corrected chi connectivity index (χ3v) is 3.94. The number of carbonyl (C=O) groups excluding carboxylic acids is 1. The van der Waals surface area contributed by atoms with E-state index in [0.717, 1.165) is 19.4 Å². The van der Waals surface area contributed by atoms with Crippen molar-refractivity contribution in [2.75, 3.05) is 6.54 Å². The minimum absolute atomic E-state index is 0.0275. The van der Waals surface area contributed by atoms with Crippen LogP contribution in [0.4, 0.5) is 4.79 Å². The quantitative estimate of drug-likeness (QED) is 0.640. The van der Waals surface area contributed by atoms with Crippen LogP contribution >= 0.6 is 0 Å². The lowest BCUT2D eigenvalue weighted by atomic mass is 10.1. The summed E-state index contributed by atoms with van der Waals surface area (Å²) in [6.45, 7) is 3.07. The van der Waals surface area contributed by atoms with Crippen molar-refractivity contribution in [3.05, 3.63) is 0 Å². The molecular formula is C14H25N3O. The van der Waals surface area contributed by atoms with Gasteiger partial charge in [0.2, 0.25) is 0 Å². The van der Waals surface area contributed by atoms with Gasteiger partial charge in [0.1, 0.15) is 5.84 Å². The molecule has 1 aliphatic carbocycles. The summed E-state index contributed by atoms with van der Waals surface area (Å²) in [6, 6.07) is -0.0230. The first-order valence-electron chi connectivity index (χ1n) is 7.38. The molecule has 2 rings (SSSR count). The normalized spacial score (nSPS) is 23.6. The van der Waals surface area contributed by atoms with E-state index in [1.165, 1.54) is 38.5 Å². The number of carbonyl (C=O) groups is 1. The smallest absolute Gasteiger partial charge is 0.314 e. The van der Waals surface area contributed by atoms with Crippen LogP contribution in [0.3, 0.4) is 0 Å². The number of hydrogen-bond acceptors (Lipinski definition) is 2.